The van der Waals surface area contributed by atoms with Crippen molar-refractivity contribution in [1.29, 1.82) is 0 Å². The maximum Gasteiger partial charge on any atom is 0.321 e. The van der Waals surface area contributed by atoms with Gasteiger partial charge < -0.3 is 15.9 Å². The van der Waals surface area contributed by atoms with Crippen LogP contribution in [-0.2, 0) is 30.7 Å². The van der Waals surface area contributed by atoms with E-state index < -0.39 is 24.4 Å². The molecule has 0 amide bonds. The first-order valence-electron chi connectivity index (χ1n) is 2.24. The predicted molar refractivity (Wildman–Crippen MR) is 27.9 cm³/mol. The van der Waals surface area contributed by atoms with E-state index in [4.69, 9.17) is 15.9 Å². The van der Waals surface area contributed by atoms with Crippen molar-refractivity contribution < 1.29 is 40.9 Å². The van der Waals surface area contributed by atoms with Gasteiger partial charge in [-0.05, 0) is 0 Å². The second-order valence-electron chi connectivity index (χ2n) is 1.54. The van der Waals surface area contributed by atoms with Gasteiger partial charge in [0.25, 0.3) is 0 Å². The van der Waals surface area contributed by atoms with Gasteiger partial charge in [0.1, 0.15) is 6.04 Å². The summed E-state index contributed by atoms with van der Waals surface area (Å²) in [5, 5.41) is 16.0. The van der Waals surface area contributed by atoms with Crippen LogP contribution >= 0.6 is 0 Å². The van der Waals surface area contributed by atoms with Crippen LogP contribution in [0.1, 0.15) is 6.42 Å². The Kier molecular flexibility index (Phi) is 6.61. The average Bonchev–Trinajstić information content (AvgIpc) is 1.63. The van der Waals surface area contributed by atoms with Crippen LogP contribution in [0.15, 0.2) is 0 Å². The van der Waals surface area contributed by atoms with Crippen LogP contribution in [0.4, 0.5) is 0 Å². The zero-order chi connectivity index (χ0) is 7.44. The number of carbonyl (C=O) groups is 2. The fourth-order valence-electron chi connectivity index (χ4n) is 0.275. The molecule has 0 rings (SSSR count). The second-order valence-corrected chi connectivity index (χ2v) is 1.54. The van der Waals surface area contributed by atoms with Crippen molar-refractivity contribution in [2.24, 2.45) is 5.73 Å². The normalized spacial score (nSPS) is 11.3. The van der Waals surface area contributed by atoms with Crippen molar-refractivity contribution in [3.63, 3.8) is 0 Å². The number of carboxylic acid groups (broad SMARTS) is 2. The van der Waals surface area contributed by atoms with E-state index in [0.717, 1.165) is 0 Å². The number of aliphatic carboxylic acids is 2. The Hall–Kier alpha value is -0.412. The van der Waals surface area contributed by atoms with E-state index in [2.05, 4.69) is 0 Å². The molecular formula is C4H7MoNO4. The Labute approximate surface area is 71.5 Å². The van der Waals surface area contributed by atoms with Crippen molar-refractivity contribution in [3.8, 4) is 0 Å². The standard InChI is InChI=1S/C4H7NO4.Mo/c5-2(4(8)9)1-3(6)7;/h2H,1,5H2,(H,6,7)(H,8,9);. The number of carboxylic acids is 2. The molecule has 0 aromatic heterocycles. The maximum atomic E-state index is 9.85. The quantitative estimate of drug-likeness (QED) is 0.531. The molecule has 1 unspecified atom stereocenters. The third-order valence-electron chi connectivity index (χ3n) is 0.712. The molecular weight excluding hydrogens is 222 g/mol. The minimum atomic E-state index is -1.29. The van der Waals surface area contributed by atoms with E-state index in [1.165, 1.54) is 0 Å². The predicted octanol–water partition coefficient (Wildman–Crippen LogP) is -1.13. The van der Waals surface area contributed by atoms with E-state index in [1.54, 1.807) is 0 Å². The first-order valence-corrected chi connectivity index (χ1v) is 2.24. The van der Waals surface area contributed by atoms with Crippen LogP contribution < -0.4 is 5.73 Å². The van der Waals surface area contributed by atoms with Gasteiger partial charge in [-0.1, -0.05) is 0 Å². The molecule has 0 radical (unpaired) electrons. The number of hydrogen-bond donors (Lipinski definition) is 3. The SMILES string of the molecule is NC(CC(=O)O)C(=O)O.[Mo]. The fourth-order valence-corrected chi connectivity index (χ4v) is 0.275. The van der Waals surface area contributed by atoms with Gasteiger partial charge in [-0.25, -0.2) is 0 Å². The summed E-state index contributed by atoms with van der Waals surface area (Å²) in [6.45, 7) is 0. The molecule has 0 aromatic rings. The van der Waals surface area contributed by atoms with Crippen molar-refractivity contribution in [2.45, 2.75) is 12.5 Å². The van der Waals surface area contributed by atoms with Crippen LogP contribution in [0.5, 0.6) is 0 Å². The molecule has 0 spiro atoms. The Morgan fingerprint density at radius 2 is 1.80 bits per heavy atom. The molecule has 0 aromatic carbocycles. The van der Waals surface area contributed by atoms with Gasteiger partial charge >= 0.3 is 11.9 Å². The summed E-state index contributed by atoms with van der Waals surface area (Å²) in [5.41, 5.74) is 4.84. The van der Waals surface area contributed by atoms with Gasteiger partial charge in [0.05, 0.1) is 6.42 Å². The minimum Gasteiger partial charge on any atom is -0.481 e. The van der Waals surface area contributed by atoms with Gasteiger partial charge in [0.15, 0.2) is 0 Å². The Morgan fingerprint density at radius 1 is 1.40 bits per heavy atom. The molecule has 10 heavy (non-hydrogen) atoms. The molecule has 6 heteroatoms. The van der Waals surface area contributed by atoms with Crippen LogP contribution in [0.25, 0.3) is 0 Å². The van der Waals surface area contributed by atoms with Gasteiger partial charge in [0, 0.05) is 21.1 Å². The number of hydrogen-bond acceptors (Lipinski definition) is 3. The van der Waals surface area contributed by atoms with Gasteiger partial charge in [-0.15, -0.1) is 0 Å². The van der Waals surface area contributed by atoms with Gasteiger partial charge in [-0.3, -0.25) is 9.59 Å². The Morgan fingerprint density at radius 3 is 1.90 bits per heavy atom. The zero-order valence-electron chi connectivity index (χ0n) is 4.98. The first-order chi connectivity index (χ1) is 4.04. The van der Waals surface area contributed by atoms with Crippen molar-refractivity contribution in [2.75, 3.05) is 0 Å². The average molecular weight is 229 g/mol. The topological polar surface area (TPSA) is 101 Å². The molecule has 5 nitrogen and oxygen atoms in total. The summed E-state index contributed by atoms with van der Waals surface area (Å²) in [5.74, 6) is -2.50. The minimum absolute atomic E-state index is 0. The zero-order valence-corrected chi connectivity index (χ0v) is 6.99. The van der Waals surface area contributed by atoms with Crippen LogP contribution in [0, 0.1) is 0 Å². The number of rotatable bonds is 3. The van der Waals surface area contributed by atoms with Crippen LogP contribution in [0.3, 0.4) is 0 Å². The third kappa shape index (κ3) is 5.72. The van der Waals surface area contributed by atoms with Gasteiger partial charge in [0.2, 0.25) is 0 Å². The summed E-state index contributed by atoms with van der Waals surface area (Å²) in [4.78, 5) is 19.6. The summed E-state index contributed by atoms with van der Waals surface area (Å²) in [6.07, 6.45) is -0.532. The third-order valence-corrected chi connectivity index (χ3v) is 0.712. The molecule has 0 fully saturated rings. The Bertz CT molecular complexity index is 137. The molecule has 58 valence electrons. The monoisotopic (exact) mass is 231 g/mol. The van der Waals surface area contributed by atoms with E-state index in [1.807, 2.05) is 0 Å². The summed E-state index contributed by atoms with van der Waals surface area (Å²) in [6, 6.07) is -1.29. The summed E-state index contributed by atoms with van der Waals surface area (Å²) < 4.78 is 0. The molecule has 0 aliphatic carbocycles. The van der Waals surface area contributed by atoms with E-state index in [0.29, 0.717) is 0 Å². The van der Waals surface area contributed by atoms with Gasteiger partial charge in [-0.2, -0.15) is 0 Å². The van der Waals surface area contributed by atoms with E-state index in [-0.39, 0.29) is 21.1 Å². The van der Waals surface area contributed by atoms with Crippen LogP contribution in [0.2, 0.25) is 0 Å². The van der Waals surface area contributed by atoms with E-state index in [9.17, 15) is 9.59 Å². The molecule has 0 aliphatic heterocycles. The maximum absolute atomic E-state index is 9.85. The largest absolute Gasteiger partial charge is 0.481 e. The Balaban J connectivity index is 0. The molecule has 0 saturated heterocycles. The molecule has 0 bridgehead atoms. The van der Waals surface area contributed by atoms with Crippen LogP contribution in [-0.4, -0.2) is 28.2 Å². The molecule has 0 saturated carbocycles. The number of nitrogens with two attached hydrogens (primary N) is 1. The second kappa shape index (κ2) is 5.38. The van der Waals surface area contributed by atoms with Crippen molar-refractivity contribution in [3.05, 3.63) is 0 Å². The first kappa shape index (κ1) is 12.3. The van der Waals surface area contributed by atoms with Crippen molar-refractivity contribution >= 4 is 11.9 Å². The van der Waals surface area contributed by atoms with E-state index >= 15 is 0 Å². The fraction of sp³-hybridized carbons (Fsp3) is 0.500. The van der Waals surface area contributed by atoms with Crippen molar-refractivity contribution in [1.82, 2.24) is 0 Å². The molecule has 1 atom stereocenters. The smallest absolute Gasteiger partial charge is 0.321 e. The molecule has 0 aliphatic rings. The molecule has 0 heterocycles. The summed E-state index contributed by atoms with van der Waals surface area (Å²) in [7, 11) is 0. The summed E-state index contributed by atoms with van der Waals surface area (Å²) >= 11 is 0. The molecule has 4 N–H and O–H groups in total.